The molecular weight excluding hydrogens is 414 g/mol. The third-order valence-corrected chi connectivity index (χ3v) is 7.55. The van der Waals surface area contributed by atoms with Gasteiger partial charge in [0, 0.05) is 10.6 Å². The molecule has 2 amide bonds. The van der Waals surface area contributed by atoms with Crippen LogP contribution in [0.3, 0.4) is 0 Å². The Balaban J connectivity index is 1.26. The van der Waals surface area contributed by atoms with E-state index in [4.69, 9.17) is 16.3 Å². The van der Waals surface area contributed by atoms with E-state index in [0.717, 1.165) is 6.42 Å². The first-order valence-corrected chi connectivity index (χ1v) is 11.0. The minimum atomic E-state index is -0.269. The minimum absolute atomic E-state index is 0.139. The van der Waals surface area contributed by atoms with Gasteiger partial charge in [0.05, 0.1) is 17.5 Å². The van der Waals surface area contributed by atoms with Gasteiger partial charge in [-0.15, -0.1) is 0 Å². The number of imide groups is 1. The highest BCUT2D eigenvalue weighted by atomic mass is 35.5. The van der Waals surface area contributed by atoms with Crippen LogP contribution >= 0.6 is 11.6 Å². The maximum absolute atomic E-state index is 13.4. The van der Waals surface area contributed by atoms with Gasteiger partial charge in [-0.25, -0.2) is 4.90 Å². The fourth-order valence-electron chi connectivity index (χ4n) is 5.82. The van der Waals surface area contributed by atoms with Crippen LogP contribution in [0.2, 0.25) is 5.02 Å². The second-order valence-electron chi connectivity index (χ2n) is 8.85. The Labute approximate surface area is 184 Å². The molecule has 1 saturated heterocycles. The molecule has 2 saturated carbocycles. The zero-order chi connectivity index (χ0) is 21.3. The predicted octanol–water partition coefficient (Wildman–Crippen LogP) is 4.16. The molecular formula is C25H20ClNO4. The molecule has 1 aliphatic heterocycles. The molecule has 6 atom stereocenters. The van der Waals surface area contributed by atoms with Crippen molar-refractivity contribution in [2.75, 3.05) is 11.5 Å². The van der Waals surface area contributed by atoms with Crippen molar-refractivity contribution in [3.8, 4) is 5.75 Å². The molecule has 31 heavy (non-hydrogen) atoms. The van der Waals surface area contributed by atoms with Crippen LogP contribution in [0, 0.1) is 35.5 Å². The minimum Gasteiger partial charge on any atom is -0.483 e. The third kappa shape index (κ3) is 2.79. The fraction of sp³-hybridized carbons (Fsp3) is 0.320. The van der Waals surface area contributed by atoms with Crippen molar-refractivity contribution in [1.29, 1.82) is 0 Å². The topological polar surface area (TPSA) is 63.7 Å². The number of halogens is 1. The lowest BCUT2D eigenvalue weighted by Crippen LogP contribution is -2.40. The largest absolute Gasteiger partial charge is 0.483 e. The summed E-state index contributed by atoms with van der Waals surface area (Å²) in [5.41, 5.74) is 0.909. The van der Waals surface area contributed by atoms with E-state index in [1.807, 2.05) is 0 Å². The monoisotopic (exact) mass is 433 g/mol. The molecule has 5 nitrogen and oxygen atoms in total. The smallest absolute Gasteiger partial charge is 0.238 e. The van der Waals surface area contributed by atoms with Gasteiger partial charge in [0.15, 0.2) is 12.4 Å². The Hall–Kier alpha value is -2.92. The molecule has 3 fully saturated rings. The highest BCUT2D eigenvalue weighted by Gasteiger charge is 2.67. The second kappa shape index (κ2) is 6.79. The van der Waals surface area contributed by atoms with Crippen LogP contribution in [0.1, 0.15) is 16.8 Å². The predicted molar refractivity (Wildman–Crippen MR) is 115 cm³/mol. The second-order valence-corrected chi connectivity index (χ2v) is 9.29. The number of rotatable bonds is 5. The number of para-hydroxylation sites is 2. The number of amides is 2. The van der Waals surface area contributed by atoms with E-state index in [1.165, 1.54) is 4.90 Å². The number of carbonyl (C=O) groups excluding carboxylic acids is 3. The van der Waals surface area contributed by atoms with Gasteiger partial charge >= 0.3 is 0 Å². The van der Waals surface area contributed by atoms with Crippen molar-refractivity contribution in [3.63, 3.8) is 0 Å². The first-order valence-electron chi connectivity index (χ1n) is 10.6. The highest BCUT2D eigenvalue weighted by Crippen LogP contribution is 2.65. The van der Waals surface area contributed by atoms with Crippen LogP contribution < -0.4 is 9.64 Å². The Morgan fingerprint density at radius 1 is 0.935 bits per heavy atom. The molecule has 2 aromatic carbocycles. The molecule has 1 heterocycles. The van der Waals surface area contributed by atoms with Gasteiger partial charge in [0.2, 0.25) is 11.8 Å². The van der Waals surface area contributed by atoms with E-state index in [9.17, 15) is 14.4 Å². The van der Waals surface area contributed by atoms with Crippen LogP contribution in [0.15, 0.2) is 60.7 Å². The highest BCUT2D eigenvalue weighted by molar-refractivity contribution is 6.30. The number of nitrogens with zero attached hydrogens (tertiary/aromatic N) is 1. The van der Waals surface area contributed by atoms with Crippen molar-refractivity contribution in [3.05, 3.63) is 71.3 Å². The third-order valence-electron chi connectivity index (χ3n) is 7.29. The van der Waals surface area contributed by atoms with Crippen molar-refractivity contribution in [2.45, 2.75) is 6.42 Å². The Bertz CT molecular complexity index is 1100. The standard InChI is InChI=1S/C25H20ClNO4/c26-14-7-5-13(6-8-14)20(28)12-31-21-4-2-1-3-19(21)27-24(29)22-15-9-10-16(18-11-17(15)18)23(22)25(27)30/h1-10,15-18,22-23H,11-12H2/t15-,16-,17-,18-,22-,23+/m0/s1. The number of hydrogen-bond acceptors (Lipinski definition) is 4. The zero-order valence-corrected chi connectivity index (χ0v) is 17.4. The maximum atomic E-state index is 13.4. The molecule has 0 unspecified atom stereocenters. The van der Waals surface area contributed by atoms with Gasteiger partial charge in [-0.3, -0.25) is 14.4 Å². The normalized spacial score (nSPS) is 32.1. The van der Waals surface area contributed by atoms with E-state index >= 15 is 0 Å². The first kappa shape index (κ1) is 18.8. The average Bonchev–Trinajstić information content (AvgIpc) is 3.56. The maximum Gasteiger partial charge on any atom is 0.238 e. The number of hydrogen-bond donors (Lipinski definition) is 0. The molecule has 4 aliphatic carbocycles. The summed E-state index contributed by atoms with van der Waals surface area (Å²) in [7, 11) is 0. The quantitative estimate of drug-likeness (QED) is 0.403. The molecule has 0 aromatic heterocycles. The van der Waals surface area contributed by atoms with Crippen LogP contribution in [0.25, 0.3) is 0 Å². The van der Waals surface area contributed by atoms with Gasteiger partial charge in [0.25, 0.3) is 0 Å². The van der Waals surface area contributed by atoms with Gasteiger partial charge < -0.3 is 4.74 Å². The van der Waals surface area contributed by atoms with Crippen LogP contribution in [-0.2, 0) is 9.59 Å². The van der Waals surface area contributed by atoms with Gasteiger partial charge in [-0.2, -0.15) is 0 Å². The number of allylic oxidation sites excluding steroid dienone is 2. The molecule has 2 aromatic rings. The number of Topliss-reactive ketones (excluding diaryl/α,β-unsaturated/α-hetero) is 1. The van der Waals surface area contributed by atoms with Gasteiger partial charge in [0.1, 0.15) is 5.75 Å². The van der Waals surface area contributed by atoms with Crippen LogP contribution in [0.5, 0.6) is 5.75 Å². The molecule has 0 radical (unpaired) electrons. The molecule has 156 valence electrons. The van der Waals surface area contributed by atoms with Crippen molar-refractivity contribution in [2.24, 2.45) is 35.5 Å². The van der Waals surface area contributed by atoms with E-state index in [2.05, 4.69) is 12.2 Å². The Morgan fingerprint density at radius 3 is 2.19 bits per heavy atom. The van der Waals surface area contributed by atoms with E-state index < -0.39 is 0 Å². The zero-order valence-electron chi connectivity index (χ0n) is 16.6. The summed E-state index contributed by atoms with van der Waals surface area (Å²) in [4.78, 5) is 40.6. The average molecular weight is 434 g/mol. The summed E-state index contributed by atoms with van der Waals surface area (Å²) < 4.78 is 5.80. The SMILES string of the molecule is O=C(COc1ccccc1N1C(=O)[C@@H]2[C@H]3C=C[C@@H]([C@@H]4C[C@@H]34)[C@@H]2C1=O)c1ccc(Cl)cc1. The van der Waals surface area contributed by atoms with Crippen molar-refractivity contribution in [1.82, 2.24) is 0 Å². The lowest BCUT2D eigenvalue weighted by atomic mass is 9.63. The lowest BCUT2D eigenvalue weighted by molar-refractivity contribution is -0.124. The number of anilines is 1. The molecule has 6 heteroatoms. The molecule has 0 N–H and O–H groups in total. The van der Waals surface area contributed by atoms with E-state index in [0.29, 0.717) is 33.9 Å². The van der Waals surface area contributed by atoms with E-state index in [1.54, 1.807) is 48.5 Å². The van der Waals surface area contributed by atoms with Crippen LogP contribution in [0.4, 0.5) is 5.69 Å². The molecule has 0 spiro atoms. The number of ketones is 1. The Kier molecular flexibility index (Phi) is 4.12. The molecule has 2 bridgehead atoms. The van der Waals surface area contributed by atoms with Gasteiger partial charge in [-0.05, 0) is 66.5 Å². The molecule has 7 rings (SSSR count). The number of benzene rings is 2. The number of ether oxygens (including phenoxy) is 1. The summed E-state index contributed by atoms with van der Waals surface area (Å²) in [6, 6.07) is 13.5. The Morgan fingerprint density at radius 2 is 1.55 bits per heavy atom. The summed E-state index contributed by atoms with van der Waals surface area (Å²) >= 11 is 5.88. The fourth-order valence-corrected chi connectivity index (χ4v) is 5.95. The van der Waals surface area contributed by atoms with Crippen LogP contribution in [-0.4, -0.2) is 24.2 Å². The summed E-state index contributed by atoms with van der Waals surface area (Å²) in [5.74, 6) is 0.775. The molecule has 5 aliphatic rings. The van der Waals surface area contributed by atoms with Gasteiger partial charge in [-0.1, -0.05) is 35.9 Å². The van der Waals surface area contributed by atoms with Crippen molar-refractivity contribution >= 4 is 34.9 Å². The summed E-state index contributed by atoms with van der Waals surface area (Å²) in [5, 5.41) is 0.552. The first-order chi connectivity index (χ1) is 15.0. The summed E-state index contributed by atoms with van der Waals surface area (Å²) in [6.07, 6.45) is 5.44. The number of carbonyl (C=O) groups is 3. The van der Waals surface area contributed by atoms with Crippen molar-refractivity contribution < 1.29 is 19.1 Å². The summed E-state index contributed by atoms with van der Waals surface area (Å²) in [6.45, 7) is -0.196. The van der Waals surface area contributed by atoms with E-state index in [-0.39, 0.29) is 47.9 Å². The lowest BCUT2D eigenvalue weighted by Gasteiger charge is -2.37.